The maximum atomic E-state index is 12.9. The highest BCUT2D eigenvalue weighted by Crippen LogP contribution is 2.48. The van der Waals surface area contributed by atoms with Crippen LogP contribution in [0.1, 0.15) is 23.5 Å². The fourth-order valence-corrected chi connectivity index (χ4v) is 4.15. The molecule has 1 saturated carbocycles. The number of benzene rings is 2. The minimum Gasteiger partial charge on any atom is -0.497 e. The number of hydrogen-bond acceptors (Lipinski definition) is 4. The second-order valence-electron chi connectivity index (χ2n) is 8.18. The summed E-state index contributed by atoms with van der Waals surface area (Å²) < 4.78 is 11.1. The van der Waals surface area contributed by atoms with E-state index in [1.54, 1.807) is 7.11 Å². The summed E-state index contributed by atoms with van der Waals surface area (Å²) in [7, 11) is 1.60. The molecule has 2 fully saturated rings. The number of methoxy groups -OCH3 is 1. The van der Waals surface area contributed by atoms with Crippen LogP contribution in [0.5, 0.6) is 5.75 Å². The second-order valence-corrected chi connectivity index (χ2v) is 8.18. The van der Waals surface area contributed by atoms with E-state index in [-0.39, 0.29) is 5.92 Å². The van der Waals surface area contributed by atoms with Crippen molar-refractivity contribution in [2.45, 2.75) is 12.3 Å². The second kappa shape index (κ2) is 9.29. The molecule has 0 unspecified atom stereocenters. The quantitative estimate of drug-likeness (QED) is 0.604. The van der Waals surface area contributed by atoms with Gasteiger partial charge in [-0.1, -0.05) is 55.6 Å². The highest BCUT2D eigenvalue weighted by Gasteiger charge is 2.46. The van der Waals surface area contributed by atoms with E-state index < -0.39 is 0 Å². The molecule has 1 aliphatic heterocycles. The Labute approximate surface area is 184 Å². The van der Waals surface area contributed by atoms with Crippen LogP contribution >= 0.6 is 0 Å². The van der Waals surface area contributed by atoms with Crippen LogP contribution in [0.4, 0.5) is 0 Å². The maximum Gasteiger partial charge on any atom is 0.226 e. The molecule has 2 aromatic rings. The monoisotopic (exact) mass is 418 g/mol. The van der Waals surface area contributed by atoms with Crippen molar-refractivity contribution < 1.29 is 14.3 Å². The topological polar surface area (TPSA) is 42.0 Å². The molecule has 0 spiro atoms. The lowest BCUT2D eigenvalue weighted by molar-refractivity contribution is -0.134. The molecule has 5 nitrogen and oxygen atoms in total. The smallest absolute Gasteiger partial charge is 0.226 e. The predicted octanol–water partition coefficient (Wildman–Crippen LogP) is 4.14. The van der Waals surface area contributed by atoms with Gasteiger partial charge in [0.1, 0.15) is 18.1 Å². The number of carbonyl (C=O) groups is 1. The highest BCUT2D eigenvalue weighted by atomic mass is 16.5. The molecule has 0 N–H and O–H groups in total. The minimum absolute atomic E-state index is 0.148. The predicted molar refractivity (Wildman–Crippen MR) is 123 cm³/mol. The molecule has 2 aromatic carbocycles. The molecule has 2 atom stereocenters. The van der Waals surface area contributed by atoms with Crippen molar-refractivity contribution in [1.29, 1.82) is 0 Å². The Balaban J connectivity index is 1.23. The summed E-state index contributed by atoms with van der Waals surface area (Å²) in [5, 5.41) is 0. The van der Waals surface area contributed by atoms with E-state index in [4.69, 9.17) is 9.47 Å². The van der Waals surface area contributed by atoms with E-state index in [1.807, 2.05) is 47.4 Å². The molecule has 0 radical (unpaired) electrons. The van der Waals surface area contributed by atoms with E-state index in [1.165, 1.54) is 5.56 Å². The molecule has 2 aliphatic rings. The third-order valence-electron chi connectivity index (χ3n) is 6.18. The number of amides is 1. The summed E-state index contributed by atoms with van der Waals surface area (Å²) in [6, 6.07) is 18.0. The zero-order chi connectivity index (χ0) is 21.8. The van der Waals surface area contributed by atoms with Gasteiger partial charge in [-0.15, -0.1) is 0 Å². The minimum atomic E-state index is 0.148. The Hall–Kier alpha value is -3.21. The van der Waals surface area contributed by atoms with Crippen molar-refractivity contribution in [3.63, 3.8) is 0 Å². The Bertz CT molecular complexity index is 948. The van der Waals surface area contributed by atoms with Gasteiger partial charge in [0, 0.05) is 43.4 Å². The van der Waals surface area contributed by atoms with Crippen molar-refractivity contribution in [3.05, 3.63) is 84.6 Å². The van der Waals surface area contributed by atoms with Crippen LogP contribution in [-0.2, 0) is 9.53 Å². The number of hydrogen-bond donors (Lipinski definition) is 0. The number of nitrogens with zero attached hydrogens (tertiary/aromatic N) is 2. The summed E-state index contributed by atoms with van der Waals surface area (Å²) in [6.45, 7) is 11.5. The molecule has 1 aliphatic carbocycles. The molecular weight excluding hydrogens is 388 g/mol. The molecule has 0 aromatic heterocycles. The van der Waals surface area contributed by atoms with Crippen molar-refractivity contribution in [1.82, 2.24) is 9.80 Å². The first-order chi connectivity index (χ1) is 15.1. The van der Waals surface area contributed by atoms with Crippen LogP contribution in [0.2, 0.25) is 0 Å². The van der Waals surface area contributed by atoms with Gasteiger partial charge in [0.2, 0.25) is 5.91 Å². The Morgan fingerprint density at radius 2 is 1.71 bits per heavy atom. The number of carbonyl (C=O) groups excluding carboxylic acids is 1. The van der Waals surface area contributed by atoms with Crippen LogP contribution in [-0.4, -0.2) is 55.6 Å². The van der Waals surface area contributed by atoms with Gasteiger partial charge in [-0.05, 0) is 30.0 Å². The third kappa shape index (κ3) is 4.93. The van der Waals surface area contributed by atoms with Gasteiger partial charge in [-0.2, -0.15) is 0 Å². The summed E-state index contributed by atoms with van der Waals surface area (Å²) in [4.78, 5) is 17.1. The highest BCUT2D eigenvalue weighted by molar-refractivity contribution is 5.83. The largest absolute Gasteiger partial charge is 0.497 e. The molecule has 31 heavy (non-hydrogen) atoms. The van der Waals surface area contributed by atoms with Crippen LogP contribution in [0.15, 0.2) is 73.5 Å². The molecule has 1 amide bonds. The van der Waals surface area contributed by atoms with Crippen molar-refractivity contribution in [3.8, 4) is 5.75 Å². The molecular formula is C26H30N2O3. The van der Waals surface area contributed by atoms with Crippen molar-refractivity contribution in [2.24, 2.45) is 5.92 Å². The van der Waals surface area contributed by atoms with Gasteiger partial charge < -0.3 is 19.3 Å². The van der Waals surface area contributed by atoms with Crippen LogP contribution in [0, 0.1) is 5.92 Å². The van der Waals surface area contributed by atoms with E-state index in [0.29, 0.717) is 24.2 Å². The molecule has 1 heterocycles. The van der Waals surface area contributed by atoms with Crippen LogP contribution in [0.3, 0.4) is 0 Å². The van der Waals surface area contributed by atoms with Gasteiger partial charge >= 0.3 is 0 Å². The average Bonchev–Trinajstić information content (AvgIpc) is 3.63. The summed E-state index contributed by atoms with van der Waals surface area (Å²) in [6.07, 6.45) is 0.970. The zero-order valence-electron chi connectivity index (χ0n) is 18.1. The third-order valence-corrected chi connectivity index (χ3v) is 6.18. The maximum absolute atomic E-state index is 12.9. The van der Waals surface area contributed by atoms with Gasteiger partial charge in [-0.25, -0.2) is 0 Å². The number of piperazine rings is 1. The SMILES string of the molecule is C=C(OC)c1cccc(OCC(=C)N2CCN(C(=O)[C@@H]3C[C@H]3c3ccccc3)CC2)c1. The molecule has 0 bridgehead atoms. The van der Waals surface area contributed by atoms with Gasteiger partial charge in [0.25, 0.3) is 0 Å². The Morgan fingerprint density at radius 3 is 2.42 bits per heavy atom. The van der Waals surface area contributed by atoms with E-state index in [9.17, 15) is 4.79 Å². The molecule has 1 saturated heterocycles. The summed E-state index contributed by atoms with van der Waals surface area (Å²) in [5.41, 5.74) is 3.10. The first-order valence-electron chi connectivity index (χ1n) is 10.8. The van der Waals surface area contributed by atoms with E-state index >= 15 is 0 Å². The van der Waals surface area contributed by atoms with Crippen molar-refractivity contribution >= 4 is 11.7 Å². The molecule has 5 heteroatoms. The van der Waals surface area contributed by atoms with Crippen molar-refractivity contribution in [2.75, 3.05) is 39.9 Å². The average molecular weight is 419 g/mol. The zero-order valence-corrected chi connectivity index (χ0v) is 18.1. The lowest BCUT2D eigenvalue weighted by Gasteiger charge is -2.37. The van der Waals surface area contributed by atoms with Gasteiger partial charge in [-0.3, -0.25) is 4.79 Å². The fourth-order valence-electron chi connectivity index (χ4n) is 4.15. The summed E-state index contributed by atoms with van der Waals surface area (Å²) in [5.74, 6) is 2.20. The van der Waals surface area contributed by atoms with Crippen LogP contribution < -0.4 is 4.74 Å². The normalized spacial score (nSPS) is 20.2. The molecule has 4 rings (SSSR count). The lowest BCUT2D eigenvalue weighted by Crippen LogP contribution is -2.49. The standard InChI is InChI=1S/C26H30N2O3/c1-19(18-31-23-11-7-10-22(16-23)20(2)30-3)27-12-14-28(15-13-27)26(29)25-17-24(25)21-8-5-4-6-9-21/h4-11,16,24-25H,1-2,12-15,17-18H2,3H3/t24-,25+/m0/s1. The first-order valence-corrected chi connectivity index (χ1v) is 10.8. The van der Waals surface area contributed by atoms with Gasteiger partial charge in [0.05, 0.1) is 7.11 Å². The molecule has 162 valence electrons. The Kier molecular flexibility index (Phi) is 6.31. The van der Waals surface area contributed by atoms with Crippen LogP contribution in [0.25, 0.3) is 5.76 Å². The first kappa shape index (κ1) is 21.0. The fraction of sp³-hybridized carbons (Fsp3) is 0.346. The van der Waals surface area contributed by atoms with E-state index in [2.05, 4.69) is 30.2 Å². The lowest BCUT2D eigenvalue weighted by atomic mass is 10.1. The van der Waals surface area contributed by atoms with Gasteiger partial charge in [0.15, 0.2) is 0 Å². The van der Waals surface area contributed by atoms with E-state index in [0.717, 1.165) is 49.6 Å². The summed E-state index contributed by atoms with van der Waals surface area (Å²) >= 11 is 0. The Morgan fingerprint density at radius 1 is 1.00 bits per heavy atom. The number of rotatable bonds is 8. The number of ether oxygens (including phenoxy) is 2.